The highest BCUT2D eigenvalue weighted by atomic mass is 125. The average molecular weight is 554 g/mol. The summed E-state index contributed by atoms with van der Waals surface area (Å²) in [5, 5.41) is 18.7. The predicted octanol–water partition coefficient (Wildman–Crippen LogP) is 6.05. The number of carbonyl (C=O) groups is 2. The quantitative estimate of drug-likeness (QED) is 0.260. The third kappa shape index (κ3) is 6.01. The van der Waals surface area contributed by atoms with Crippen LogP contribution in [0.5, 0.6) is 11.5 Å². The fourth-order valence-electron chi connectivity index (χ4n) is 3.15. The summed E-state index contributed by atoms with van der Waals surface area (Å²) in [6, 6.07) is 15.9. The van der Waals surface area contributed by atoms with E-state index in [4.69, 9.17) is 9.47 Å². The summed E-state index contributed by atoms with van der Waals surface area (Å²) >= 11 is 2.24. The first-order chi connectivity index (χ1) is 15.8. The van der Waals surface area contributed by atoms with E-state index in [9.17, 15) is 19.8 Å². The summed E-state index contributed by atoms with van der Waals surface area (Å²) in [5.74, 6) is -1.45. The highest BCUT2D eigenvalue weighted by Crippen LogP contribution is 2.24. The van der Waals surface area contributed by atoms with Gasteiger partial charge in [0, 0.05) is 3.57 Å². The molecule has 0 fully saturated rings. The fraction of sp³-hybridized carbons (Fsp3) is 0.0769. The number of ether oxygens (including phenoxy) is 2. The molecule has 0 aliphatic rings. The Hall–Kier alpha value is -3.59. The van der Waals surface area contributed by atoms with Crippen molar-refractivity contribution in [3.05, 3.63) is 91.5 Å². The molecule has 0 aliphatic carbocycles. The van der Waals surface area contributed by atoms with Crippen molar-refractivity contribution in [3.63, 3.8) is 0 Å². The molecule has 0 unspecified atom stereocenters. The van der Waals surface area contributed by atoms with Crippen LogP contribution in [0.3, 0.4) is 0 Å². The van der Waals surface area contributed by atoms with Gasteiger partial charge in [-0.15, -0.1) is 0 Å². The van der Waals surface area contributed by atoms with E-state index in [1.807, 2.05) is 42.5 Å². The molecule has 0 amide bonds. The Labute approximate surface area is 204 Å². The second-order valence-electron chi connectivity index (χ2n) is 6.98. The molecule has 0 aromatic heterocycles. The van der Waals surface area contributed by atoms with Gasteiger partial charge in [-0.2, -0.15) is 0 Å². The van der Waals surface area contributed by atoms with Gasteiger partial charge in [0.2, 0.25) is 0 Å². The third-order valence-electron chi connectivity index (χ3n) is 4.86. The maximum Gasteiger partial charge on any atom is 0.339 e. The summed E-state index contributed by atoms with van der Waals surface area (Å²) in [4.78, 5) is 22.8. The number of hydrogen-bond donors (Lipinski definition) is 2. The lowest BCUT2D eigenvalue weighted by molar-refractivity contribution is 0.0682. The molecule has 0 spiro atoms. The number of carboxylic acids is 2. The van der Waals surface area contributed by atoms with Gasteiger partial charge in [-0.1, -0.05) is 48.6 Å². The molecule has 0 atom stereocenters. The van der Waals surface area contributed by atoms with Crippen LogP contribution in [0.1, 0.15) is 43.0 Å². The molecule has 0 saturated carbocycles. The Kier molecular flexibility index (Phi) is 7.89. The zero-order valence-electron chi connectivity index (χ0n) is 17.9. The lowest BCUT2D eigenvalue weighted by Crippen LogP contribution is -2.00. The van der Waals surface area contributed by atoms with E-state index in [0.717, 1.165) is 25.8 Å². The van der Waals surface area contributed by atoms with Gasteiger partial charge in [-0.25, -0.2) is 9.59 Å². The minimum absolute atomic E-state index is 0.110. The van der Waals surface area contributed by atoms with Crippen LogP contribution in [0.15, 0.2) is 54.6 Å². The molecule has 2 N–H and O–H groups in total. The Morgan fingerprint density at radius 3 is 1.55 bits per heavy atom. The van der Waals surface area contributed by atoms with Gasteiger partial charge >= 0.3 is 11.9 Å². The van der Waals surface area contributed by atoms with Crippen LogP contribution in [-0.2, 0) is 0 Å². The van der Waals surface area contributed by atoms with Crippen LogP contribution in [0, 0.1) is 3.57 Å². The van der Waals surface area contributed by atoms with E-state index in [1.165, 1.54) is 14.2 Å². The van der Waals surface area contributed by atoms with Gasteiger partial charge in [0.05, 0.1) is 14.2 Å². The normalized spacial score (nSPS) is 11.1. The highest BCUT2D eigenvalue weighted by Gasteiger charge is 2.11. The molecule has 3 aromatic carbocycles. The third-order valence-corrected chi connectivity index (χ3v) is 5.79. The first-order valence-corrected chi connectivity index (χ1v) is 10.9. The van der Waals surface area contributed by atoms with Gasteiger partial charge in [-0.05, 0) is 75.2 Å². The summed E-state index contributed by atoms with van der Waals surface area (Å²) in [5.41, 5.74) is 3.67. The summed E-state index contributed by atoms with van der Waals surface area (Å²) < 4.78 is 11.2. The van der Waals surface area contributed by atoms with Crippen LogP contribution < -0.4 is 9.47 Å². The lowest BCUT2D eigenvalue weighted by atomic mass is 10.1. The smallest absolute Gasteiger partial charge is 0.339 e. The van der Waals surface area contributed by atoms with Crippen molar-refractivity contribution >= 4 is 58.8 Å². The molecule has 0 aliphatic heterocycles. The van der Waals surface area contributed by atoms with Crippen molar-refractivity contribution in [2.75, 3.05) is 14.2 Å². The Bertz CT molecular complexity index is 1260. The first-order valence-electron chi connectivity index (χ1n) is 9.80. The van der Waals surface area contributed by atoms with Gasteiger partial charge in [-0.3, -0.25) is 0 Å². The zero-order chi connectivity index (χ0) is 24.0. The molecular weight excluding hydrogens is 533 g/mol. The van der Waals surface area contributed by atoms with Crippen LogP contribution in [0.4, 0.5) is 0 Å². The number of halogens is 1. The van der Waals surface area contributed by atoms with E-state index in [-0.39, 0.29) is 11.1 Å². The second kappa shape index (κ2) is 10.8. The minimum atomic E-state index is -1.04. The van der Waals surface area contributed by atoms with Gasteiger partial charge in [0.15, 0.2) is 0 Å². The summed E-state index contributed by atoms with van der Waals surface area (Å²) in [7, 11) is 2.88. The van der Waals surface area contributed by atoms with E-state index in [1.54, 1.807) is 36.4 Å². The number of benzene rings is 3. The molecule has 7 heteroatoms. The van der Waals surface area contributed by atoms with Crippen molar-refractivity contribution in [2.24, 2.45) is 0 Å². The molecule has 168 valence electrons. The standard InChI is InChI=1S/C26H21IO6/c1-32-23-11-7-16(13-20(23)25(28)29)3-4-18-6-10-19(22(27)15-18)9-5-17-8-12-24(33-2)21(14-17)26(30)31/h3-15H,1-2H3,(H,28,29)(H,30,31)/b4-3+,9-5+/i27-2. The van der Waals surface area contributed by atoms with Crippen molar-refractivity contribution < 1.29 is 29.3 Å². The molecule has 33 heavy (non-hydrogen) atoms. The Morgan fingerprint density at radius 2 is 1.12 bits per heavy atom. The number of hydrogen-bond acceptors (Lipinski definition) is 4. The maximum absolute atomic E-state index is 11.4. The average Bonchev–Trinajstić information content (AvgIpc) is 2.81. The fourth-order valence-corrected chi connectivity index (χ4v) is 3.87. The van der Waals surface area contributed by atoms with Gasteiger partial charge in [0.25, 0.3) is 0 Å². The van der Waals surface area contributed by atoms with Crippen LogP contribution in [0.2, 0.25) is 0 Å². The van der Waals surface area contributed by atoms with E-state index < -0.39 is 11.9 Å². The highest BCUT2D eigenvalue weighted by molar-refractivity contribution is 14.1. The number of aromatic carboxylic acids is 2. The Morgan fingerprint density at radius 1 is 0.697 bits per heavy atom. The van der Waals surface area contributed by atoms with E-state index >= 15 is 0 Å². The van der Waals surface area contributed by atoms with Crippen molar-refractivity contribution in [2.45, 2.75) is 0 Å². The predicted molar refractivity (Wildman–Crippen MR) is 137 cm³/mol. The van der Waals surface area contributed by atoms with Gasteiger partial charge in [0.1, 0.15) is 22.6 Å². The molecule has 0 heterocycles. The number of rotatable bonds is 8. The molecular formula is C26H21IO6. The molecule has 3 aromatic rings. The van der Waals surface area contributed by atoms with Crippen LogP contribution in [-0.4, -0.2) is 36.4 Å². The molecule has 0 saturated heterocycles. The lowest BCUT2D eigenvalue weighted by Gasteiger charge is -2.06. The molecule has 3 rings (SSSR count). The molecule has 6 nitrogen and oxygen atoms in total. The van der Waals surface area contributed by atoms with E-state index in [0.29, 0.717) is 11.5 Å². The van der Waals surface area contributed by atoms with E-state index in [2.05, 4.69) is 22.6 Å². The minimum Gasteiger partial charge on any atom is -0.496 e. The zero-order valence-corrected chi connectivity index (χ0v) is 20.1. The molecule has 0 bridgehead atoms. The van der Waals surface area contributed by atoms with Crippen LogP contribution in [0.25, 0.3) is 24.3 Å². The summed E-state index contributed by atoms with van der Waals surface area (Å²) in [6.45, 7) is 0. The largest absolute Gasteiger partial charge is 0.496 e. The Balaban J connectivity index is 1.79. The number of methoxy groups -OCH3 is 2. The maximum atomic E-state index is 11.4. The SMILES string of the molecule is COc1ccc(/C=C/c2ccc(/C=C/c3ccc(OC)c(C(=O)O)c3)c([125I])c2)cc1C(=O)O. The second-order valence-corrected chi connectivity index (χ2v) is 8.14. The van der Waals surface area contributed by atoms with Crippen molar-refractivity contribution in [3.8, 4) is 11.5 Å². The number of carboxylic acid groups (broad SMARTS) is 2. The topological polar surface area (TPSA) is 93.1 Å². The molecule has 0 radical (unpaired) electrons. The van der Waals surface area contributed by atoms with Gasteiger partial charge < -0.3 is 19.7 Å². The van der Waals surface area contributed by atoms with Crippen LogP contribution >= 0.6 is 22.6 Å². The monoisotopic (exact) mass is 554 g/mol. The van der Waals surface area contributed by atoms with Crippen molar-refractivity contribution in [1.82, 2.24) is 0 Å². The first kappa shape index (κ1) is 24.1. The van der Waals surface area contributed by atoms with Crippen molar-refractivity contribution in [1.29, 1.82) is 0 Å². The summed E-state index contributed by atoms with van der Waals surface area (Å²) in [6.07, 6.45) is 7.53.